The van der Waals surface area contributed by atoms with Crippen molar-refractivity contribution in [2.45, 2.75) is 0 Å². The van der Waals surface area contributed by atoms with Gasteiger partial charge < -0.3 is 0 Å². The molecule has 0 aliphatic rings. The molecule has 2 heterocycles. The van der Waals surface area contributed by atoms with Gasteiger partial charge in [0.15, 0.2) is 0 Å². The number of rotatable bonds is 2. The third-order valence-electron chi connectivity index (χ3n) is 2.65. The maximum absolute atomic E-state index is 13.2. The molecule has 3 nitrogen and oxygen atoms in total. The van der Waals surface area contributed by atoms with E-state index in [0.717, 1.165) is 11.3 Å². The first kappa shape index (κ1) is 10.7. The molecule has 0 unspecified atom stereocenters. The Morgan fingerprint density at radius 3 is 2.72 bits per heavy atom. The Balaban J connectivity index is 2.13. The lowest BCUT2D eigenvalue weighted by molar-refractivity contribution is 0.625. The van der Waals surface area contributed by atoms with E-state index in [4.69, 9.17) is 0 Å². The fourth-order valence-electron chi connectivity index (χ4n) is 1.85. The van der Waals surface area contributed by atoms with Gasteiger partial charge in [-0.15, -0.1) is 0 Å². The molecule has 0 amide bonds. The number of pyridine rings is 1. The number of aromatic nitrogens is 3. The second-order valence-electron chi connectivity index (χ2n) is 3.85. The number of hydrogen-bond donors (Lipinski definition) is 0. The van der Waals surface area contributed by atoms with Crippen molar-refractivity contribution >= 4 is 0 Å². The van der Waals surface area contributed by atoms with E-state index in [1.807, 2.05) is 24.3 Å². The molecule has 0 aliphatic carbocycles. The van der Waals surface area contributed by atoms with Gasteiger partial charge in [-0.3, -0.25) is 4.98 Å². The van der Waals surface area contributed by atoms with Crippen LogP contribution in [0.15, 0.2) is 61.1 Å². The van der Waals surface area contributed by atoms with E-state index in [2.05, 4.69) is 10.1 Å². The third kappa shape index (κ3) is 1.88. The Kier molecular flexibility index (Phi) is 2.61. The van der Waals surface area contributed by atoms with Crippen molar-refractivity contribution in [3.05, 3.63) is 66.9 Å². The summed E-state index contributed by atoms with van der Waals surface area (Å²) in [6, 6.07) is 12.0. The van der Waals surface area contributed by atoms with Crippen LogP contribution in [0.25, 0.3) is 16.9 Å². The van der Waals surface area contributed by atoms with Crippen molar-refractivity contribution in [3.63, 3.8) is 0 Å². The highest BCUT2D eigenvalue weighted by Gasteiger charge is 2.07. The van der Waals surface area contributed by atoms with Crippen LogP contribution in [-0.2, 0) is 0 Å². The molecule has 1 aromatic carbocycles. The maximum atomic E-state index is 13.2. The molecule has 4 heteroatoms. The largest absolute Gasteiger partial charge is 0.264 e. The van der Waals surface area contributed by atoms with Crippen LogP contribution < -0.4 is 0 Å². The lowest BCUT2D eigenvalue weighted by Crippen LogP contribution is -1.99. The lowest BCUT2D eigenvalue weighted by atomic mass is 10.2. The summed E-state index contributed by atoms with van der Waals surface area (Å²) in [5, 5.41) is 4.23. The van der Waals surface area contributed by atoms with E-state index < -0.39 is 0 Å². The van der Waals surface area contributed by atoms with E-state index in [0.29, 0.717) is 5.69 Å². The second kappa shape index (κ2) is 4.41. The van der Waals surface area contributed by atoms with Gasteiger partial charge in [0, 0.05) is 18.0 Å². The molecular weight excluding hydrogens is 229 g/mol. The van der Waals surface area contributed by atoms with Crippen molar-refractivity contribution in [3.8, 4) is 16.9 Å². The molecule has 3 rings (SSSR count). The van der Waals surface area contributed by atoms with E-state index in [1.165, 1.54) is 12.1 Å². The second-order valence-corrected chi connectivity index (χ2v) is 3.85. The molecule has 0 saturated carbocycles. The molecule has 0 radical (unpaired) electrons. The highest BCUT2D eigenvalue weighted by molar-refractivity contribution is 5.60. The Hall–Kier alpha value is -2.49. The SMILES string of the molecule is Fc1cccc(-n2nccc2-c2cccnc2)c1. The molecule has 0 spiro atoms. The summed E-state index contributed by atoms with van der Waals surface area (Å²) in [6.07, 6.45) is 5.16. The molecule has 2 aromatic heterocycles. The topological polar surface area (TPSA) is 30.7 Å². The summed E-state index contributed by atoms with van der Waals surface area (Å²) in [7, 11) is 0. The monoisotopic (exact) mass is 239 g/mol. The number of halogens is 1. The smallest absolute Gasteiger partial charge is 0.125 e. The number of nitrogens with zero attached hydrogens (tertiary/aromatic N) is 3. The molecule has 0 atom stereocenters. The first-order valence-electron chi connectivity index (χ1n) is 5.55. The molecule has 0 aliphatic heterocycles. The van der Waals surface area contributed by atoms with Crippen LogP contribution in [0, 0.1) is 5.82 Å². The first-order chi connectivity index (χ1) is 8.84. The standard InChI is InChI=1S/C14H10FN3/c15-12-4-1-5-13(9-12)18-14(6-8-17-18)11-3-2-7-16-10-11/h1-10H. The van der Waals surface area contributed by atoms with Gasteiger partial charge in [-0.25, -0.2) is 9.07 Å². The predicted octanol–water partition coefficient (Wildman–Crippen LogP) is 3.07. The molecule has 0 saturated heterocycles. The summed E-state index contributed by atoms with van der Waals surface area (Å²) in [6.45, 7) is 0. The van der Waals surface area contributed by atoms with Crippen molar-refractivity contribution in [1.29, 1.82) is 0 Å². The van der Waals surface area contributed by atoms with Gasteiger partial charge in [-0.05, 0) is 36.4 Å². The average molecular weight is 239 g/mol. The van der Waals surface area contributed by atoms with Crippen molar-refractivity contribution in [2.24, 2.45) is 0 Å². The zero-order valence-electron chi connectivity index (χ0n) is 9.49. The third-order valence-corrected chi connectivity index (χ3v) is 2.65. The molecule has 18 heavy (non-hydrogen) atoms. The normalized spacial score (nSPS) is 10.5. The number of hydrogen-bond acceptors (Lipinski definition) is 2. The summed E-state index contributed by atoms with van der Waals surface area (Å²) < 4.78 is 14.9. The van der Waals surface area contributed by atoms with Crippen molar-refractivity contribution in [1.82, 2.24) is 14.8 Å². The summed E-state index contributed by atoms with van der Waals surface area (Å²) >= 11 is 0. The molecule has 0 N–H and O–H groups in total. The Labute approximate surface area is 104 Å². The highest BCUT2D eigenvalue weighted by atomic mass is 19.1. The van der Waals surface area contributed by atoms with E-state index in [9.17, 15) is 4.39 Å². The fourth-order valence-corrected chi connectivity index (χ4v) is 1.85. The van der Waals surface area contributed by atoms with Crippen LogP contribution >= 0.6 is 0 Å². The molecule has 88 valence electrons. The minimum atomic E-state index is -0.278. The van der Waals surface area contributed by atoms with Gasteiger partial charge in [0.25, 0.3) is 0 Å². The van der Waals surface area contributed by atoms with Crippen LogP contribution in [0.2, 0.25) is 0 Å². The number of benzene rings is 1. The van der Waals surface area contributed by atoms with Gasteiger partial charge in [-0.2, -0.15) is 5.10 Å². The van der Waals surface area contributed by atoms with Gasteiger partial charge in [0.05, 0.1) is 17.6 Å². The molecule has 3 aromatic rings. The molecular formula is C14H10FN3. The van der Waals surface area contributed by atoms with E-state index in [1.54, 1.807) is 29.3 Å². The minimum absolute atomic E-state index is 0.278. The predicted molar refractivity (Wildman–Crippen MR) is 66.8 cm³/mol. The maximum Gasteiger partial charge on any atom is 0.125 e. The summed E-state index contributed by atoms with van der Waals surface area (Å²) in [5.41, 5.74) is 2.52. The van der Waals surface area contributed by atoms with Crippen molar-refractivity contribution in [2.75, 3.05) is 0 Å². The zero-order valence-corrected chi connectivity index (χ0v) is 9.49. The van der Waals surface area contributed by atoms with E-state index in [-0.39, 0.29) is 5.82 Å². The van der Waals surface area contributed by atoms with Crippen LogP contribution in [-0.4, -0.2) is 14.8 Å². The Morgan fingerprint density at radius 1 is 1.00 bits per heavy atom. The minimum Gasteiger partial charge on any atom is -0.264 e. The van der Waals surface area contributed by atoms with E-state index >= 15 is 0 Å². The zero-order chi connectivity index (χ0) is 12.4. The Bertz CT molecular complexity index is 662. The van der Waals surface area contributed by atoms with Gasteiger partial charge in [0.2, 0.25) is 0 Å². The quantitative estimate of drug-likeness (QED) is 0.688. The summed E-state index contributed by atoms with van der Waals surface area (Å²) in [4.78, 5) is 4.08. The molecule has 0 bridgehead atoms. The van der Waals surface area contributed by atoms with Gasteiger partial charge in [0.1, 0.15) is 5.82 Å². The summed E-state index contributed by atoms with van der Waals surface area (Å²) in [5.74, 6) is -0.278. The van der Waals surface area contributed by atoms with Crippen molar-refractivity contribution < 1.29 is 4.39 Å². The fraction of sp³-hybridized carbons (Fsp3) is 0. The van der Waals surface area contributed by atoms with Crippen LogP contribution in [0.5, 0.6) is 0 Å². The van der Waals surface area contributed by atoms with Crippen LogP contribution in [0.1, 0.15) is 0 Å². The van der Waals surface area contributed by atoms with Crippen LogP contribution in [0.3, 0.4) is 0 Å². The highest BCUT2D eigenvalue weighted by Crippen LogP contribution is 2.21. The van der Waals surface area contributed by atoms with Gasteiger partial charge >= 0.3 is 0 Å². The first-order valence-corrected chi connectivity index (χ1v) is 5.55. The van der Waals surface area contributed by atoms with Gasteiger partial charge in [-0.1, -0.05) is 6.07 Å². The Morgan fingerprint density at radius 2 is 1.94 bits per heavy atom. The average Bonchev–Trinajstić information content (AvgIpc) is 2.89. The molecule has 0 fully saturated rings. The lowest BCUT2D eigenvalue weighted by Gasteiger charge is -2.07. The van der Waals surface area contributed by atoms with Crippen LogP contribution in [0.4, 0.5) is 4.39 Å².